The largest absolute Gasteiger partial charge is 0.284 e. The van der Waals surface area contributed by atoms with Gasteiger partial charge >= 0.3 is 0 Å². The number of hydrogen-bond donors (Lipinski definition) is 2. The van der Waals surface area contributed by atoms with Crippen molar-refractivity contribution >= 4 is 25.7 Å². The first-order chi connectivity index (χ1) is 8.24. The molecule has 0 aliphatic heterocycles. The fourth-order valence-electron chi connectivity index (χ4n) is 1.17. The second kappa shape index (κ2) is 5.51. The van der Waals surface area contributed by atoms with Crippen molar-refractivity contribution in [2.24, 2.45) is 0 Å². The van der Waals surface area contributed by atoms with Crippen LogP contribution in [0.5, 0.6) is 0 Å². The van der Waals surface area contributed by atoms with Crippen molar-refractivity contribution in [3.05, 3.63) is 36.9 Å². The molecule has 1 aromatic rings. The van der Waals surface area contributed by atoms with Gasteiger partial charge in [0.25, 0.3) is 0 Å². The molecule has 0 atom stereocenters. The number of benzene rings is 1. The van der Waals surface area contributed by atoms with Crippen molar-refractivity contribution in [3.8, 4) is 0 Å². The summed E-state index contributed by atoms with van der Waals surface area (Å²) in [5.74, 6) is 0. The molecule has 1 rings (SSSR count). The highest BCUT2D eigenvalue weighted by molar-refractivity contribution is 7.92. The summed E-state index contributed by atoms with van der Waals surface area (Å²) in [6.07, 6.45) is 2.44. The maximum atomic E-state index is 11.7. The Morgan fingerprint density at radius 2 is 1.72 bits per heavy atom. The summed E-state index contributed by atoms with van der Waals surface area (Å²) >= 11 is 0. The van der Waals surface area contributed by atoms with Crippen LogP contribution in [-0.4, -0.2) is 29.6 Å². The SMILES string of the molecule is C=CCNS(=O)(=O)c1ccc(NS(C)(=O)=O)cc1. The Morgan fingerprint density at radius 1 is 1.17 bits per heavy atom. The Hall–Kier alpha value is -1.38. The van der Waals surface area contributed by atoms with Gasteiger partial charge in [0.2, 0.25) is 20.0 Å². The van der Waals surface area contributed by atoms with Crippen molar-refractivity contribution < 1.29 is 16.8 Å². The van der Waals surface area contributed by atoms with Crippen LogP contribution in [0.2, 0.25) is 0 Å². The Bertz CT molecular complexity index is 618. The zero-order valence-electron chi connectivity index (χ0n) is 9.75. The fourth-order valence-corrected chi connectivity index (χ4v) is 2.73. The van der Waals surface area contributed by atoms with Crippen molar-refractivity contribution in [1.82, 2.24) is 4.72 Å². The maximum absolute atomic E-state index is 11.7. The topological polar surface area (TPSA) is 92.3 Å². The summed E-state index contributed by atoms with van der Waals surface area (Å²) in [6.45, 7) is 3.54. The lowest BCUT2D eigenvalue weighted by Crippen LogP contribution is -2.23. The molecule has 0 saturated carbocycles. The number of anilines is 1. The standard InChI is InChI=1S/C10H14N2O4S2/c1-3-8-11-18(15,16)10-6-4-9(5-7-10)12-17(2,13)14/h3-7,11-12H,1,8H2,2H3. The third kappa shape index (κ3) is 4.47. The number of nitrogens with one attached hydrogen (secondary N) is 2. The minimum atomic E-state index is -3.58. The first-order valence-corrected chi connectivity index (χ1v) is 8.30. The van der Waals surface area contributed by atoms with Gasteiger partial charge < -0.3 is 0 Å². The van der Waals surface area contributed by atoms with Gasteiger partial charge in [-0.25, -0.2) is 21.6 Å². The fraction of sp³-hybridized carbons (Fsp3) is 0.200. The molecule has 0 amide bonds. The van der Waals surface area contributed by atoms with Crippen LogP contribution in [0.4, 0.5) is 5.69 Å². The van der Waals surface area contributed by atoms with Crippen LogP contribution < -0.4 is 9.44 Å². The highest BCUT2D eigenvalue weighted by Gasteiger charge is 2.12. The van der Waals surface area contributed by atoms with E-state index >= 15 is 0 Å². The van der Waals surface area contributed by atoms with E-state index in [1.807, 2.05) is 0 Å². The number of rotatable bonds is 6. The molecule has 6 nitrogen and oxygen atoms in total. The predicted octanol–water partition coefficient (Wildman–Crippen LogP) is 0.522. The molecule has 0 unspecified atom stereocenters. The second-order valence-corrected chi connectivity index (χ2v) is 7.05. The van der Waals surface area contributed by atoms with Gasteiger partial charge in [-0.1, -0.05) is 6.08 Å². The molecule has 0 saturated heterocycles. The van der Waals surface area contributed by atoms with Crippen LogP contribution >= 0.6 is 0 Å². The van der Waals surface area contributed by atoms with Gasteiger partial charge in [-0.3, -0.25) is 4.72 Å². The second-order valence-electron chi connectivity index (χ2n) is 3.54. The number of hydrogen-bond acceptors (Lipinski definition) is 4. The van der Waals surface area contributed by atoms with Crippen molar-refractivity contribution in [2.75, 3.05) is 17.5 Å². The first kappa shape index (κ1) is 14.7. The monoisotopic (exact) mass is 290 g/mol. The van der Waals surface area contributed by atoms with Crippen LogP contribution in [-0.2, 0) is 20.0 Å². The van der Waals surface area contributed by atoms with Crippen molar-refractivity contribution in [1.29, 1.82) is 0 Å². The van der Waals surface area contributed by atoms with Crippen LogP contribution in [0, 0.1) is 0 Å². The third-order valence-electron chi connectivity index (χ3n) is 1.89. The highest BCUT2D eigenvalue weighted by Crippen LogP contribution is 2.14. The lowest BCUT2D eigenvalue weighted by atomic mass is 10.3. The Labute approximate surface area is 107 Å². The smallest absolute Gasteiger partial charge is 0.240 e. The van der Waals surface area contributed by atoms with Crippen LogP contribution in [0.15, 0.2) is 41.8 Å². The molecule has 2 N–H and O–H groups in total. The summed E-state index contributed by atoms with van der Waals surface area (Å²) in [4.78, 5) is 0.0587. The molecule has 18 heavy (non-hydrogen) atoms. The highest BCUT2D eigenvalue weighted by atomic mass is 32.2. The zero-order chi connectivity index (χ0) is 13.8. The third-order valence-corrected chi connectivity index (χ3v) is 3.93. The van der Waals surface area contributed by atoms with E-state index in [9.17, 15) is 16.8 Å². The molecular formula is C10H14N2O4S2. The average Bonchev–Trinajstić information content (AvgIpc) is 2.25. The lowest BCUT2D eigenvalue weighted by molar-refractivity contribution is 0.585. The van der Waals surface area contributed by atoms with Crippen LogP contribution in [0.1, 0.15) is 0 Å². The molecule has 0 heterocycles. The minimum absolute atomic E-state index is 0.0587. The normalized spacial score (nSPS) is 12.1. The summed E-state index contributed by atoms with van der Waals surface area (Å²) in [5.41, 5.74) is 0.306. The molecule has 0 aromatic heterocycles. The van der Waals surface area contributed by atoms with Gasteiger partial charge in [0.15, 0.2) is 0 Å². The molecule has 8 heteroatoms. The van der Waals surface area contributed by atoms with E-state index in [1.165, 1.54) is 30.3 Å². The molecule has 0 fully saturated rings. The minimum Gasteiger partial charge on any atom is -0.284 e. The Kier molecular flexibility index (Phi) is 4.49. The van der Waals surface area contributed by atoms with Gasteiger partial charge in [-0.15, -0.1) is 6.58 Å². The van der Waals surface area contributed by atoms with E-state index in [2.05, 4.69) is 16.0 Å². The maximum Gasteiger partial charge on any atom is 0.240 e. The van der Waals surface area contributed by atoms with E-state index < -0.39 is 20.0 Å². The van der Waals surface area contributed by atoms with Gasteiger partial charge in [0, 0.05) is 12.2 Å². The van der Waals surface area contributed by atoms with Gasteiger partial charge in [-0.05, 0) is 24.3 Å². The average molecular weight is 290 g/mol. The number of sulfonamides is 2. The van der Waals surface area contributed by atoms with Crippen molar-refractivity contribution in [3.63, 3.8) is 0 Å². The van der Waals surface area contributed by atoms with Crippen LogP contribution in [0.25, 0.3) is 0 Å². The summed E-state index contributed by atoms with van der Waals surface area (Å²) in [7, 11) is -6.95. The predicted molar refractivity (Wildman–Crippen MR) is 70.3 cm³/mol. The lowest BCUT2D eigenvalue weighted by Gasteiger charge is -2.07. The summed E-state index contributed by atoms with van der Waals surface area (Å²) in [5, 5.41) is 0. The Balaban J connectivity index is 2.92. The molecule has 0 aliphatic carbocycles. The summed E-state index contributed by atoms with van der Waals surface area (Å²) < 4.78 is 49.9. The van der Waals surface area contributed by atoms with E-state index in [4.69, 9.17) is 0 Å². The van der Waals surface area contributed by atoms with Gasteiger partial charge in [0.05, 0.1) is 11.2 Å². The first-order valence-electron chi connectivity index (χ1n) is 4.93. The van der Waals surface area contributed by atoms with Gasteiger partial charge in [-0.2, -0.15) is 0 Å². The quantitative estimate of drug-likeness (QED) is 0.747. The molecule has 0 bridgehead atoms. The van der Waals surface area contributed by atoms with E-state index in [1.54, 1.807) is 0 Å². The molecule has 0 aliphatic rings. The van der Waals surface area contributed by atoms with Gasteiger partial charge in [0.1, 0.15) is 0 Å². The molecular weight excluding hydrogens is 276 g/mol. The van der Waals surface area contributed by atoms with Crippen LogP contribution in [0.3, 0.4) is 0 Å². The zero-order valence-corrected chi connectivity index (χ0v) is 11.4. The molecule has 1 aromatic carbocycles. The molecule has 0 radical (unpaired) electrons. The van der Waals surface area contributed by atoms with Crippen molar-refractivity contribution in [2.45, 2.75) is 4.90 Å². The van der Waals surface area contributed by atoms with E-state index in [0.717, 1.165) is 6.26 Å². The Morgan fingerprint density at radius 3 is 2.17 bits per heavy atom. The summed E-state index contributed by atoms with van der Waals surface area (Å²) in [6, 6.07) is 5.39. The molecule has 0 spiro atoms. The molecule has 100 valence electrons. The van der Waals surface area contributed by atoms with E-state index in [-0.39, 0.29) is 11.4 Å². The van der Waals surface area contributed by atoms with E-state index in [0.29, 0.717) is 5.69 Å².